The predicted octanol–water partition coefficient (Wildman–Crippen LogP) is 2.34. The molecule has 1 atom stereocenters. The number of nitrogens with one attached hydrogen (secondary N) is 3. The summed E-state index contributed by atoms with van der Waals surface area (Å²) in [6.45, 7) is 12.6. The minimum atomic E-state index is -0.00212. The second-order valence-corrected chi connectivity index (χ2v) is 9.27. The van der Waals surface area contributed by atoms with Crippen LogP contribution in [0.2, 0.25) is 0 Å². The van der Waals surface area contributed by atoms with Crippen LogP contribution >= 0.6 is 0 Å². The first-order chi connectivity index (χ1) is 13.3. The van der Waals surface area contributed by atoms with Crippen LogP contribution in [-0.4, -0.2) is 67.6 Å². The van der Waals surface area contributed by atoms with Gasteiger partial charge in [0.1, 0.15) is 0 Å². The molecule has 1 heterocycles. The number of hydrogen-bond acceptors (Lipinski definition) is 5. The van der Waals surface area contributed by atoms with E-state index in [9.17, 15) is 4.79 Å². The van der Waals surface area contributed by atoms with Crippen LogP contribution in [0.15, 0.2) is 11.8 Å². The lowest BCUT2D eigenvalue weighted by Gasteiger charge is -2.43. The van der Waals surface area contributed by atoms with Crippen molar-refractivity contribution in [1.29, 1.82) is 0 Å². The highest BCUT2D eigenvalue weighted by molar-refractivity contribution is 5.76. The van der Waals surface area contributed by atoms with Crippen LogP contribution < -0.4 is 16.2 Å². The Bertz CT molecular complexity index is 527. The normalized spacial score (nSPS) is 27.8. The molecule has 3 N–H and O–H groups in total. The van der Waals surface area contributed by atoms with Gasteiger partial charge in [0.2, 0.25) is 5.91 Å². The third-order valence-corrected chi connectivity index (χ3v) is 6.63. The van der Waals surface area contributed by atoms with Crippen LogP contribution in [-0.2, 0) is 4.79 Å². The van der Waals surface area contributed by atoms with E-state index in [0.717, 1.165) is 39.0 Å². The summed E-state index contributed by atoms with van der Waals surface area (Å²) in [6.07, 6.45) is 7.39. The Morgan fingerprint density at radius 2 is 2.00 bits per heavy atom. The molecule has 0 spiro atoms. The Morgan fingerprint density at radius 1 is 1.32 bits per heavy atom. The molecule has 0 aromatic rings. The average Bonchev–Trinajstić information content (AvgIpc) is 3.02. The van der Waals surface area contributed by atoms with Crippen LogP contribution in [0.4, 0.5) is 0 Å². The number of amides is 1. The molecule has 28 heavy (non-hydrogen) atoms. The molecule has 2 aliphatic rings. The number of likely N-dealkylation sites (N-methyl/N-ethyl adjacent to an activating group) is 2. The zero-order valence-corrected chi connectivity index (χ0v) is 19.0. The van der Waals surface area contributed by atoms with Gasteiger partial charge in [-0.25, -0.2) is 5.43 Å². The van der Waals surface area contributed by atoms with E-state index in [4.69, 9.17) is 0 Å². The van der Waals surface area contributed by atoms with Crippen molar-refractivity contribution >= 4 is 5.91 Å². The van der Waals surface area contributed by atoms with E-state index < -0.39 is 0 Å². The van der Waals surface area contributed by atoms with Gasteiger partial charge in [0, 0.05) is 44.8 Å². The number of nitrogens with zero attached hydrogens (tertiary/aromatic N) is 2. The highest BCUT2D eigenvalue weighted by Gasteiger charge is 2.42. The zero-order valence-electron chi connectivity index (χ0n) is 19.0. The summed E-state index contributed by atoms with van der Waals surface area (Å²) in [5.74, 6) is 1.36. The third-order valence-electron chi connectivity index (χ3n) is 6.63. The summed E-state index contributed by atoms with van der Waals surface area (Å²) >= 11 is 0. The van der Waals surface area contributed by atoms with Crippen molar-refractivity contribution in [2.45, 2.75) is 71.4 Å². The van der Waals surface area contributed by atoms with E-state index >= 15 is 0 Å². The fraction of sp³-hybridized carbons (Fsp3) is 0.864. The number of carbonyl (C=O) groups excluding carboxylic acids is 1. The monoisotopic (exact) mass is 393 g/mol. The Kier molecular flexibility index (Phi) is 8.78. The summed E-state index contributed by atoms with van der Waals surface area (Å²) in [5.41, 5.74) is 8.28. The summed E-state index contributed by atoms with van der Waals surface area (Å²) in [7, 11) is 4.19. The smallest absolute Gasteiger partial charge is 0.223 e. The van der Waals surface area contributed by atoms with Crippen LogP contribution in [0.1, 0.15) is 59.8 Å². The maximum Gasteiger partial charge on any atom is 0.223 e. The molecule has 1 aliphatic heterocycles. The van der Waals surface area contributed by atoms with Crippen LogP contribution in [0.5, 0.6) is 0 Å². The quantitative estimate of drug-likeness (QED) is 0.532. The van der Waals surface area contributed by atoms with Gasteiger partial charge < -0.3 is 20.5 Å². The van der Waals surface area contributed by atoms with Crippen LogP contribution in [0.25, 0.3) is 0 Å². The molecule has 6 nitrogen and oxygen atoms in total. The Hall–Kier alpha value is -1.11. The lowest BCUT2D eigenvalue weighted by Crippen LogP contribution is -2.53. The number of hydrogen-bond donors (Lipinski definition) is 3. The summed E-state index contributed by atoms with van der Waals surface area (Å²) in [6, 6.07) is 0.413. The Labute approximate surface area is 172 Å². The molecule has 6 heteroatoms. The van der Waals surface area contributed by atoms with Gasteiger partial charge in [0.05, 0.1) is 5.54 Å². The lowest BCUT2D eigenvalue weighted by molar-refractivity contribution is -0.135. The van der Waals surface area contributed by atoms with E-state index in [1.54, 1.807) is 0 Å². The van der Waals surface area contributed by atoms with Crippen molar-refractivity contribution in [2.75, 3.05) is 40.3 Å². The first-order valence-electron chi connectivity index (χ1n) is 11.2. The van der Waals surface area contributed by atoms with Crippen molar-refractivity contribution in [1.82, 2.24) is 26.0 Å². The lowest BCUT2D eigenvalue weighted by atomic mass is 9.71. The van der Waals surface area contributed by atoms with Gasteiger partial charge in [-0.05, 0) is 71.0 Å². The van der Waals surface area contributed by atoms with Crippen molar-refractivity contribution < 1.29 is 4.79 Å². The van der Waals surface area contributed by atoms with E-state index in [-0.39, 0.29) is 5.54 Å². The molecule has 1 unspecified atom stereocenters. The van der Waals surface area contributed by atoms with Crippen LogP contribution in [0.3, 0.4) is 0 Å². The van der Waals surface area contributed by atoms with E-state index in [1.807, 2.05) is 7.05 Å². The molecule has 1 amide bonds. The van der Waals surface area contributed by atoms with Crippen molar-refractivity contribution in [2.24, 2.45) is 11.8 Å². The first-order valence-corrected chi connectivity index (χ1v) is 11.2. The predicted molar refractivity (Wildman–Crippen MR) is 117 cm³/mol. The molecule has 0 saturated heterocycles. The van der Waals surface area contributed by atoms with Gasteiger partial charge in [0.15, 0.2) is 0 Å². The van der Waals surface area contributed by atoms with Gasteiger partial charge in [-0.15, -0.1) is 0 Å². The SMILES string of the molecule is CCN(C(=O)CC(C)C)[C@H]1CC[C@H](C2(C)NNC=C2CN(C)CCNC)CC1. The standard InChI is InChI=1S/C22H43N5O/c1-7-27(21(28)14-17(2)3)20-10-8-18(9-11-20)22(4)19(15-24-25-22)16-26(6)13-12-23-5/h15,17-18,20,23-25H,7-14,16H2,1-6H3/t18-,20-,22?. The molecule has 2 rings (SSSR count). The molecule has 0 aromatic heterocycles. The topological polar surface area (TPSA) is 59.6 Å². The fourth-order valence-corrected chi connectivity index (χ4v) is 4.82. The molecule has 0 radical (unpaired) electrons. The number of hydrazine groups is 1. The van der Waals surface area contributed by atoms with E-state index in [0.29, 0.717) is 30.2 Å². The fourth-order valence-electron chi connectivity index (χ4n) is 4.82. The van der Waals surface area contributed by atoms with Gasteiger partial charge in [0.25, 0.3) is 0 Å². The first kappa shape index (κ1) is 23.2. The molecular formula is C22H43N5O. The Morgan fingerprint density at radius 3 is 2.57 bits per heavy atom. The van der Waals surface area contributed by atoms with Crippen LogP contribution in [0, 0.1) is 11.8 Å². The molecule has 162 valence electrons. The number of rotatable bonds is 10. The van der Waals surface area contributed by atoms with Gasteiger partial charge in [-0.3, -0.25) is 4.79 Å². The molecule has 0 aromatic carbocycles. The van der Waals surface area contributed by atoms with Crippen molar-refractivity contribution in [3.63, 3.8) is 0 Å². The van der Waals surface area contributed by atoms with Gasteiger partial charge >= 0.3 is 0 Å². The minimum Gasteiger partial charge on any atom is -0.340 e. The second kappa shape index (κ2) is 10.6. The second-order valence-electron chi connectivity index (χ2n) is 9.27. The van der Waals surface area contributed by atoms with Crippen molar-refractivity contribution in [3.05, 3.63) is 11.8 Å². The van der Waals surface area contributed by atoms with Gasteiger partial charge in [-0.1, -0.05) is 13.8 Å². The minimum absolute atomic E-state index is 0.00212. The molecule has 0 bridgehead atoms. The molecule has 1 fully saturated rings. The van der Waals surface area contributed by atoms with E-state index in [1.165, 1.54) is 18.4 Å². The Balaban J connectivity index is 1.93. The highest BCUT2D eigenvalue weighted by atomic mass is 16.2. The number of carbonyl (C=O) groups is 1. The largest absolute Gasteiger partial charge is 0.340 e. The maximum absolute atomic E-state index is 12.6. The molecule has 1 saturated carbocycles. The maximum atomic E-state index is 12.6. The zero-order chi connectivity index (χ0) is 20.7. The summed E-state index contributed by atoms with van der Waals surface area (Å²) < 4.78 is 0. The molecular weight excluding hydrogens is 350 g/mol. The summed E-state index contributed by atoms with van der Waals surface area (Å²) in [5, 5.41) is 3.22. The molecule has 1 aliphatic carbocycles. The van der Waals surface area contributed by atoms with Gasteiger partial charge in [-0.2, -0.15) is 0 Å². The summed E-state index contributed by atoms with van der Waals surface area (Å²) in [4.78, 5) is 17.1. The highest BCUT2D eigenvalue weighted by Crippen LogP contribution is 2.39. The van der Waals surface area contributed by atoms with E-state index in [2.05, 4.69) is 66.9 Å². The third kappa shape index (κ3) is 5.71. The average molecular weight is 394 g/mol. The van der Waals surface area contributed by atoms with Crippen molar-refractivity contribution in [3.8, 4) is 0 Å².